The molecule has 3 aromatic rings. The van der Waals surface area contributed by atoms with E-state index in [1.807, 2.05) is 18.4 Å². The van der Waals surface area contributed by atoms with Gasteiger partial charge in [-0.2, -0.15) is 4.37 Å². The van der Waals surface area contributed by atoms with Gasteiger partial charge in [-0.3, -0.25) is 9.69 Å². The van der Waals surface area contributed by atoms with E-state index >= 15 is 0 Å². The van der Waals surface area contributed by atoms with Crippen molar-refractivity contribution in [3.63, 3.8) is 0 Å². The van der Waals surface area contributed by atoms with Crippen LogP contribution in [-0.4, -0.2) is 53.9 Å². The summed E-state index contributed by atoms with van der Waals surface area (Å²) >= 11 is 3.16. The Morgan fingerprint density at radius 3 is 2.62 bits per heavy atom. The smallest absolute Gasteiger partial charge is 0.261 e. The zero-order valence-electron chi connectivity index (χ0n) is 18.8. The summed E-state index contributed by atoms with van der Waals surface area (Å²) in [5.41, 5.74) is 1.09. The molecule has 2 aliphatic rings. The van der Waals surface area contributed by atoms with Gasteiger partial charge in [-0.15, -0.1) is 11.3 Å². The average molecular weight is 469 g/mol. The van der Waals surface area contributed by atoms with E-state index < -0.39 is 0 Å². The number of nitrogens with zero attached hydrogens (tertiary/aromatic N) is 3. The minimum Gasteiger partial charge on any atom is -0.353 e. The fourth-order valence-electron chi connectivity index (χ4n) is 5.10. The molecule has 1 saturated heterocycles. The number of hydrogen-bond acceptors (Lipinski definition) is 6. The van der Waals surface area contributed by atoms with E-state index in [1.54, 1.807) is 22.9 Å². The fraction of sp³-hybridized carbons (Fsp3) is 0.520. The van der Waals surface area contributed by atoms with E-state index in [1.165, 1.54) is 41.7 Å². The number of piperazine rings is 1. The Morgan fingerprint density at radius 2 is 1.88 bits per heavy atom. The number of rotatable bonds is 6. The predicted octanol–water partition coefficient (Wildman–Crippen LogP) is 5.17. The number of carbonyl (C=O) groups excluding carboxylic acids is 1. The molecule has 170 valence electrons. The van der Waals surface area contributed by atoms with Crippen molar-refractivity contribution in [2.75, 3.05) is 37.6 Å². The third kappa shape index (κ3) is 4.85. The molecule has 1 N–H and O–H groups in total. The highest BCUT2D eigenvalue weighted by Crippen LogP contribution is 2.31. The van der Waals surface area contributed by atoms with Crippen LogP contribution in [0.15, 0.2) is 35.7 Å². The van der Waals surface area contributed by atoms with Crippen LogP contribution in [0.4, 0.5) is 5.82 Å². The molecule has 1 saturated carbocycles. The van der Waals surface area contributed by atoms with Crippen LogP contribution >= 0.6 is 22.9 Å². The summed E-state index contributed by atoms with van der Waals surface area (Å²) in [5, 5.41) is 6.56. The van der Waals surface area contributed by atoms with E-state index in [0.717, 1.165) is 55.4 Å². The first-order valence-corrected chi connectivity index (χ1v) is 13.5. The summed E-state index contributed by atoms with van der Waals surface area (Å²) in [6, 6.07) is 10.9. The van der Waals surface area contributed by atoms with Gasteiger partial charge >= 0.3 is 0 Å². The molecule has 5 nitrogen and oxygen atoms in total. The number of aromatic nitrogens is 1. The molecule has 0 bridgehead atoms. The molecule has 1 amide bonds. The molecule has 5 rings (SSSR count). The standard InChI is InChI=1S/C25H32N4OS2/c1-18-11-17-31-23(18)25(30)26-20-8-6-19(7-9-20)10-12-28-13-15-29(16-14-28)24-21-4-2-3-5-22(21)32-27-24/h2-5,11,17,19-20H,6-10,12-16H2,1H3,(H,26,30). The lowest BCUT2D eigenvalue weighted by molar-refractivity contribution is 0.0923. The molecular weight excluding hydrogens is 436 g/mol. The lowest BCUT2D eigenvalue weighted by atomic mass is 9.84. The van der Waals surface area contributed by atoms with Gasteiger partial charge in [0, 0.05) is 37.6 Å². The largest absolute Gasteiger partial charge is 0.353 e. The zero-order valence-corrected chi connectivity index (χ0v) is 20.4. The van der Waals surface area contributed by atoms with Crippen molar-refractivity contribution in [3.8, 4) is 0 Å². The summed E-state index contributed by atoms with van der Waals surface area (Å²) < 4.78 is 6.01. The number of aryl methyl sites for hydroxylation is 1. The molecule has 0 spiro atoms. The summed E-state index contributed by atoms with van der Waals surface area (Å²) in [5.74, 6) is 2.09. The molecule has 2 fully saturated rings. The van der Waals surface area contributed by atoms with Crippen molar-refractivity contribution in [1.29, 1.82) is 0 Å². The van der Waals surface area contributed by atoms with Gasteiger partial charge in [-0.05, 0) is 92.2 Å². The SMILES string of the molecule is Cc1ccsc1C(=O)NC1CCC(CCN2CCN(c3nsc4ccccc34)CC2)CC1. The second-order valence-corrected chi connectivity index (χ2v) is 11.0. The predicted molar refractivity (Wildman–Crippen MR) is 135 cm³/mol. The Kier molecular flexibility index (Phi) is 6.76. The van der Waals surface area contributed by atoms with Gasteiger partial charge < -0.3 is 10.2 Å². The summed E-state index contributed by atoms with van der Waals surface area (Å²) in [6.07, 6.45) is 5.99. The van der Waals surface area contributed by atoms with Gasteiger partial charge in [-0.1, -0.05) is 12.1 Å². The second-order valence-electron chi connectivity index (χ2n) is 9.24. The minimum atomic E-state index is 0.117. The number of nitrogens with one attached hydrogen (secondary N) is 1. The number of hydrogen-bond donors (Lipinski definition) is 1. The third-order valence-corrected chi connectivity index (χ3v) is 8.97. The molecule has 0 atom stereocenters. The van der Waals surface area contributed by atoms with Gasteiger partial charge in [0.2, 0.25) is 0 Å². The first kappa shape index (κ1) is 21.9. The third-order valence-electron chi connectivity index (χ3n) is 7.13. The van der Waals surface area contributed by atoms with E-state index in [4.69, 9.17) is 4.37 Å². The monoisotopic (exact) mass is 468 g/mol. The molecule has 1 aliphatic carbocycles. The van der Waals surface area contributed by atoms with Crippen molar-refractivity contribution in [2.24, 2.45) is 5.92 Å². The normalized spacial score (nSPS) is 22.3. The van der Waals surface area contributed by atoms with Crippen LogP contribution in [0, 0.1) is 12.8 Å². The Morgan fingerprint density at radius 1 is 1.09 bits per heavy atom. The first-order chi connectivity index (χ1) is 15.7. The maximum atomic E-state index is 12.5. The lowest BCUT2D eigenvalue weighted by Crippen LogP contribution is -2.47. The van der Waals surface area contributed by atoms with E-state index in [-0.39, 0.29) is 5.91 Å². The Hall–Kier alpha value is -1.96. The fourth-order valence-corrected chi connectivity index (χ4v) is 6.72. The highest BCUT2D eigenvalue weighted by Gasteiger charge is 2.25. The second kappa shape index (κ2) is 9.89. The zero-order chi connectivity index (χ0) is 21.9. The van der Waals surface area contributed by atoms with Crippen LogP contribution in [0.1, 0.15) is 47.3 Å². The van der Waals surface area contributed by atoms with Crippen LogP contribution < -0.4 is 10.2 Å². The van der Waals surface area contributed by atoms with Crippen LogP contribution in [0.5, 0.6) is 0 Å². The maximum Gasteiger partial charge on any atom is 0.261 e. The topological polar surface area (TPSA) is 48.5 Å². The molecule has 0 unspecified atom stereocenters. The van der Waals surface area contributed by atoms with E-state index in [9.17, 15) is 4.79 Å². The Balaban J connectivity index is 1.03. The minimum absolute atomic E-state index is 0.117. The van der Waals surface area contributed by atoms with Crippen LogP contribution in [0.2, 0.25) is 0 Å². The quantitative estimate of drug-likeness (QED) is 0.542. The number of benzene rings is 1. The molecule has 1 aliphatic heterocycles. The Bertz CT molecular complexity index is 1050. The number of carbonyl (C=O) groups is 1. The van der Waals surface area contributed by atoms with Gasteiger partial charge in [0.1, 0.15) is 5.82 Å². The summed E-state index contributed by atoms with van der Waals surface area (Å²) in [6.45, 7) is 7.58. The van der Waals surface area contributed by atoms with Crippen molar-refractivity contribution >= 4 is 44.7 Å². The van der Waals surface area contributed by atoms with Crippen molar-refractivity contribution in [1.82, 2.24) is 14.6 Å². The summed E-state index contributed by atoms with van der Waals surface area (Å²) in [4.78, 5) is 18.4. The van der Waals surface area contributed by atoms with Gasteiger partial charge in [-0.25, -0.2) is 0 Å². The van der Waals surface area contributed by atoms with E-state index in [2.05, 4.69) is 39.4 Å². The molecule has 3 heterocycles. The number of fused-ring (bicyclic) bond motifs is 1. The van der Waals surface area contributed by atoms with Crippen LogP contribution in [0.25, 0.3) is 10.1 Å². The van der Waals surface area contributed by atoms with Gasteiger partial charge in [0.25, 0.3) is 5.91 Å². The maximum absolute atomic E-state index is 12.5. The average Bonchev–Trinajstić information content (AvgIpc) is 3.45. The van der Waals surface area contributed by atoms with Gasteiger partial charge in [0.15, 0.2) is 0 Å². The molecule has 0 radical (unpaired) electrons. The molecule has 32 heavy (non-hydrogen) atoms. The highest BCUT2D eigenvalue weighted by molar-refractivity contribution is 7.13. The first-order valence-electron chi connectivity index (χ1n) is 11.8. The molecule has 7 heteroatoms. The van der Waals surface area contributed by atoms with Crippen molar-refractivity contribution in [3.05, 3.63) is 46.2 Å². The van der Waals surface area contributed by atoms with Gasteiger partial charge in [0.05, 0.1) is 9.58 Å². The number of amides is 1. The molecule has 1 aromatic carbocycles. The summed E-state index contributed by atoms with van der Waals surface area (Å²) in [7, 11) is 0. The van der Waals surface area contributed by atoms with Crippen molar-refractivity contribution < 1.29 is 4.79 Å². The van der Waals surface area contributed by atoms with Crippen molar-refractivity contribution in [2.45, 2.75) is 45.1 Å². The number of thiophene rings is 1. The highest BCUT2D eigenvalue weighted by atomic mass is 32.1. The van der Waals surface area contributed by atoms with Crippen LogP contribution in [-0.2, 0) is 0 Å². The lowest BCUT2D eigenvalue weighted by Gasteiger charge is -2.36. The molecular formula is C25H32N4OS2. The van der Waals surface area contributed by atoms with Crippen LogP contribution in [0.3, 0.4) is 0 Å². The van der Waals surface area contributed by atoms with E-state index in [0.29, 0.717) is 6.04 Å². The molecule has 2 aromatic heterocycles. The Labute approximate surface area is 198 Å². The number of anilines is 1.